The van der Waals surface area contributed by atoms with Crippen molar-refractivity contribution in [1.29, 1.82) is 0 Å². The van der Waals surface area contributed by atoms with Crippen molar-refractivity contribution in [2.75, 3.05) is 6.61 Å². The number of imidazole rings is 1. The lowest BCUT2D eigenvalue weighted by Gasteiger charge is -2.19. The molecule has 0 radical (unpaired) electrons. The molecule has 6 nitrogen and oxygen atoms in total. The standard InChI is InChI=1S/C16H20F2N4O2/c1-10(21-24-9-13(23)20-16(2,3)4)14-19-11-7-5-6-8-12(11)22(14)15(17)18/h5-8,15H,9H2,1-4H3,(H,20,23)/b21-10+. The van der Waals surface area contributed by atoms with Gasteiger partial charge in [-0.15, -0.1) is 0 Å². The van der Waals surface area contributed by atoms with Crippen molar-refractivity contribution in [3.8, 4) is 0 Å². The van der Waals surface area contributed by atoms with Crippen LogP contribution in [0.3, 0.4) is 0 Å². The van der Waals surface area contributed by atoms with E-state index in [-0.39, 0.29) is 29.6 Å². The quantitative estimate of drug-likeness (QED) is 0.673. The molecule has 1 aromatic heterocycles. The van der Waals surface area contributed by atoms with Crippen molar-refractivity contribution < 1.29 is 18.4 Å². The van der Waals surface area contributed by atoms with Gasteiger partial charge >= 0.3 is 6.55 Å². The summed E-state index contributed by atoms with van der Waals surface area (Å²) in [6.45, 7) is 3.95. The van der Waals surface area contributed by atoms with Crippen LogP contribution in [0.2, 0.25) is 0 Å². The number of carbonyl (C=O) groups excluding carboxylic acids is 1. The van der Waals surface area contributed by atoms with E-state index in [1.807, 2.05) is 20.8 Å². The lowest BCUT2D eigenvalue weighted by molar-refractivity contribution is -0.127. The van der Waals surface area contributed by atoms with Gasteiger partial charge in [0.05, 0.1) is 11.0 Å². The SMILES string of the molecule is C/C(=N\OCC(=O)NC(C)(C)C)c1nc2ccccc2n1C(F)F. The average Bonchev–Trinajstić information content (AvgIpc) is 2.84. The van der Waals surface area contributed by atoms with Crippen LogP contribution >= 0.6 is 0 Å². The number of benzene rings is 1. The van der Waals surface area contributed by atoms with Gasteiger partial charge in [-0.25, -0.2) is 4.98 Å². The molecule has 1 N–H and O–H groups in total. The van der Waals surface area contributed by atoms with Crippen LogP contribution in [0.4, 0.5) is 8.78 Å². The number of amides is 1. The predicted molar refractivity (Wildman–Crippen MR) is 87.0 cm³/mol. The minimum absolute atomic E-state index is 0.00225. The molecule has 0 aliphatic rings. The number of para-hydroxylation sites is 2. The maximum Gasteiger partial charge on any atom is 0.320 e. The maximum atomic E-state index is 13.4. The molecule has 0 aliphatic heterocycles. The van der Waals surface area contributed by atoms with Crippen LogP contribution in [0.1, 0.15) is 40.1 Å². The molecule has 0 bridgehead atoms. The zero-order valence-corrected chi connectivity index (χ0v) is 14.0. The maximum absolute atomic E-state index is 13.4. The number of aromatic nitrogens is 2. The molecule has 24 heavy (non-hydrogen) atoms. The molecule has 2 rings (SSSR count). The Labute approximate surface area is 138 Å². The molecule has 8 heteroatoms. The van der Waals surface area contributed by atoms with E-state index in [2.05, 4.69) is 15.5 Å². The first-order valence-electron chi connectivity index (χ1n) is 7.42. The minimum atomic E-state index is -2.76. The Morgan fingerprint density at radius 1 is 1.38 bits per heavy atom. The fourth-order valence-corrected chi connectivity index (χ4v) is 2.18. The lowest BCUT2D eigenvalue weighted by Crippen LogP contribution is -2.42. The Balaban J connectivity index is 2.17. The van der Waals surface area contributed by atoms with Gasteiger partial charge in [-0.05, 0) is 39.8 Å². The molecular weight excluding hydrogens is 318 g/mol. The Morgan fingerprint density at radius 3 is 2.67 bits per heavy atom. The number of fused-ring (bicyclic) bond motifs is 1. The van der Waals surface area contributed by atoms with E-state index in [0.29, 0.717) is 11.0 Å². The first-order valence-corrected chi connectivity index (χ1v) is 7.42. The Morgan fingerprint density at radius 2 is 2.04 bits per heavy atom. The highest BCUT2D eigenvalue weighted by Crippen LogP contribution is 2.23. The molecule has 0 saturated heterocycles. The number of nitrogens with zero attached hydrogens (tertiary/aromatic N) is 3. The van der Waals surface area contributed by atoms with E-state index in [9.17, 15) is 13.6 Å². The van der Waals surface area contributed by atoms with E-state index in [0.717, 1.165) is 4.57 Å². The molecule has 130 valence electrons. The highest BCUT2D eigenvalue weighted by molar-refractivity contribution is 5.98. The predicted octanol–water partition coefficient (Wildman–Crippen LogP) is 3.09. The minimum Gasteiger partial charge on any atom is -0.385 e. The van der Waals surface area contributed by atoms with Crippen molar-refractivity contribution in [2.45, 2.75) is 39.8 Å². The number of nitrogens with one attached hydrogen (secondary N) is 1. The first kappa shape index (κ1) is 17.8. The summed E-state index contributed by atoms with van der Waals surface area (Å²) >= 11 is 0. The summed E-state index contributed by atoms with van der Waals surface area (Å²) in [6.07, 6.45) is 0. The number of rotatable bonds is 5. The topological polar surface area (TPSA) is 68.5 Å². The fourth-order valence-electron chi connectivity index (χ4n) is 2.18. The summed E-state index contributed by atoms with van der Waals surface area (Å²) in [7, 11) is 0. The van der Waals surface area contributed by atoms with Gasteiger partial charge in [-0.3, -0.25) is 9.36 Å². The summed E-state index contributed by atoms with van der Waals surface area (Å²) < 4.78 is 27.5. The van der Waals surface area contributed by atoms with Gasteiger partial charge in [0.1, 0.15) is 5.71 Å². The molecule has 0 spiro atoms. The molecule has 0 aliphatic carbocycles. The fraction of sp³-hybridized carbons (Fsp3) is 0.438. The molecule has 0 unspecified atom stereocenters. The Kier molecular flexibility index (Phi) is 5.16. The molecular formula is C16H20F2N4O2. The zero-order valence-electron chi connectivity index (χ0n) is 14.0. The van der Waals surface area contributed by atoms with Gasteiger partial charge in [0, 0.05) is 5.54 Å². The van der Waals surface area contributed by atoms with E-state index in [4.69, 9.17) is 4.84 Å². The smallest absolute Gasteiger partial charge is 0.320 e. The normalized spacial score (nSPS) is 12.7. The number of alkyl halides is 2. The summed E-state index contributed by atoms with van der Waals surface area (Å²) in [6, 6.07) is 6.58. The number of hydrogen-bond donors (Lipinski definition) is 1. The number of halogens is 2. The van der Waals surface area contributed by atoms with Crippen molar-refractivity contribution >= 4 is 22.7 Å². The second-order valence-corrected chi connectivity index (χ2v) is 6.32. The highest BCUT2D eigenvalue weighted by Gasteiger charge is 2.20. The van der Waals surface area contributed by atoms with Gasteiger partial charge in [0.25, 0.3) is 5.91 Å². The number of hydrogen-bond acceptors (Lipinski definition) is 4. The monoisotopic (exact) mass is 338 g/mol. The average molecular weight is 338 g/mol. The highest BCUT2D eigenvalue weighted by atomic mass is 19.3. The summed E-state index contributed by atoms with van der Waals surface area (Å²) in [5.41, 5.74) is 0.522. The third-order valence-corrected chi connectivity index (χ3v) is 3.03. The Bertz CT molecular complexity index is 763. The summed E-state index contributed by atoms with van der Waals surface area (Å²) in [4.78, 5) is 20.8. The molecule has 0 fully saturated rings. The van der Waals surface area contributed by atoms with Gasteiger partial charge in [-0.2, -0.15) is 8.78 Å². The van der Waals surface area contributed by atoms with Crippen molar-refractivity contribution in [1.82, 2.24) is 14.9 Å². The molecule has 0 saturated carbocycles. The van der Waals surface area contributed by atoms with Crippen molar-refractivity contribution in [3.63, 3.8) is 0 Å². The lowest BCUT2D eigenvalue weighted by atomic mass is 10.1. The van der Waals surface area contributed by atoms with E-state index >= 15 is 0 Å². The molecule has 2 aromatic rings. The van der Waals surface area contributed by atoms with E-state index < -0.39 is 6.55 Å². The Hall–Kier alpha value is -2.51. The van der Waals surface area contributed by atoms with Gasteiger partial charge in [0.2, 0.25) is 0 Å². The summed E-state index contributed by atoms with van der Waals surface area (Å²) in [5.74, 6) is -0.344. The molecule has 1 aromatic carbocycles. The van der Waals surface area contributed by atoms with Crippen LogP contribution in [0.15, 0.2) is 29.4 Å². The third kappa shape index (κ3) is 4.27. The van der Waals surface area contributed by atoms with Crippen LogP contribution in [-0.4, -0.2) is 33.3 Å². The van der Waals surface area contributed by atoms with Crippen LogP contribution < -0.4 is 5.32 Å². The van der Waals surface area contributed by atoms with Crippen LogP contribution in [0.25, 0.3) is 11.0 Å². The van der Waals surface area contributed by atoms with Crippen molar-refractivity contribution in [2.24, 2.45) is 5.16 Å². The molecule has 1 heterocycles. The van der Waals surface area contributed by atoms with E-state index in [1.165, 1.54) is 6.92 Å². The van der Waals surface area contributed by atoms with Gasteiger partial charge < -0.3 is 10.2 Å². The van der Waals surface area contributed by atoms with Crippen LogP contribution in [-0.2, 0) is 9.63 Å². The third-order valence-electron chi connectivity index (χ3n) is 3.03. The van der Waals surface area contributed by atoms with Crippen molar-refractivity contribution in [3.05, 3.63) is 30.1 Å². The zero-order chi connectivity index (χ0) is 17.9. The molecule has 0 atom stereocenters. The van der Waals surface area contributed by atoms with Gasteiger partial charge in [-0.1, -0.05) is 17.3 Å². The van der Waals surface area contributed by atoms with Crippen LogP contribution in [0, 0.1) is 0 Å². The summed E-state index contributed by atoms with van der Waals surface area (Å²) in [5, 5.41) is 6.45. The number of carbonyl (C=O) groups is 1. The van der Waals surface area contributed by atoms with Gasteiger partial charge in [0.15, 0.2) is 12.4 Å². The first-order chi connectivity index (χ1) is 11.2. The number of oxime groups is 1. The second kappa shape index (κ2) is 6.94. The second-order valence-electron chi connectivity index (χ2n) is 6.32. The van der Waals surface area contributed by atoms with Crippen LogP contribution in [0.5, 0.6) is 0 Å². The van der Waals surface area contributed by atoms with E-state index in [1.54, 1.807) is 24.3 Å². The largest absolute Gasteiger partial charge is 0.385 e. The molecule has 1 amide bonds.